The first-order chi connectivity index (χ1) is 12.0. The molecule has 7 heteroatoms. The summed E-state index contributed by atoms with van der Waals surface area (Å²) in [6.45, 7) is 0.243. The molecule has 3 rings (SSSR count). The average molecular weight is 467 g/mol. The third kappa shape index (κ3) is 3.98. The highest BCUT2D eigenvalue weighted by atomic mass is 127. The first kappa shape index (κ1) is 17.8. The van der Waals surface area contributed by atoms with Gasteiger partial charge < -0.3 is 9.84 Å². The van der Waals surface area contributed by atoms with E-state index in [0.717, 1.165) is 20.9 Å². The zero-order chi connectivity index (χ0) is 18.0. The Morgan fingerprint density at radius 1 is 1.20 bits per heavy atom. The molecule has 0 aromatic heterocycles. The van der Waals surface area contributed by atoms with Crippen molar-refractivity contribution in [2.24, 2.45) is 0 Å². The number of thioether (sulfide) groups is 1. The number of hydrogen-bond acceptors (Lipinski definition) is 5. The highest BCUT2D eigenvalue weighted by Gasteiger charge is 2.34. The number of nitrogens with zero attached hydrogens (tertiary/aromatic N) is 1. The molecule has 1 saturated heterocycles. The predicted octanol–water partition coefficient (Wildman–Crippen LogP) is 4.24. The van der Waals surface area contributed by atoms with Crippen molar-refractivity contribution in [1.82, 2.24) is 4.90 Å². The number of phenols is 1. The third-order valence-corrected chi connectivity index (χ3v) is 5.25. The number of imide groups is 1. The number of aromatic hydroxyl groups is 1. The number of rotatable bonds is 4. The Hall–Kier alpha value is -2.00. The minimum absolute atomic E-state index is 0.0191. The molecule has 2 amide bonds. The van der Waals surface area contributed by atoms with Crippen molar-refractivity contribution in [2.75, 3.05) is 7.11 Å². The standard InChI is InChI=1S/C18H14INO4S/c1-24-15-7-4-12(8-14(15)21)9-16-17(22)20(18(23)25-16)10-11-2-5-13(19)6-3-11/h2-9,21H,10H2,1H3/b16-9-. The van der Waals surface area contributed by atoms with Gasteiger partial charge in [-0.25, -0.2) is 0 Å². The van der Waals surface area contributed by atoms with Crippen LogP contribution in [0.25, 0.3) is 6.08 Å². The molecule has 0 atom stereocenters. The Bertz CT molecular complexity index is 864. The smallest absolute Gasteiger partial charge is 0.293 e. The number of carbonyl (C=O) groups excluding carboxylic acids is 2. The van der Waals surface area contributed by atoms with E-state index in [1.165, 1.54) is 18.1 Å². The number of phenolic OH excluding ortho intramolecular Hbond substituents is 1. The molecule has 0 unspecified atom stereocenters. The van der Waals surface area contributed by atoms with Crippen LogP contribution in [0.1, 0.15) is 11.1 Å². The van der Waals surface area contributed by atoms with Gasteiger partial charge in [-0.05, 0) is 75.8 Å². The maximum atomic E-state index is 12.5. The Morgan fingerprint density at radius 3 is 2.56 bits per heavy atom. The Balaban J connectivity index is 1.80. The first-order valence-electron chi connectivity index (χ1n) is 7.35. The van der Waals surface area contributed by atoms with Crippen LogP contribution in [0.4, 0.5) is 4.79 Å². The molecule has 1 aliphatic heterocycles. The largest absolute Gasteiger partial charge is 0.504 e. The summed E-state index contributed by atoms with van der Waals surface area (Å²) >= 11 is 3.10. The highest BCUT2D eigenvalue weighted by Crippen LogP contribution is 2.34. The molecule has 5 nitrogen and oxygen atoms in total. The van der Waals surface area contributed by atoms with Crippen LogP contribution in [-0.4, -0.2) is 28.3 Å². The van der Waals surface area contributed by atoms with Gasteiger partial charge in [0, 0.05) is 3.57 Å². The number of ether oxygens (including phenoxy) is 1. The summed E-state index contributed by atoms with van der Waals surface area (Å²) in [5.74, 6) is 0.00203. The summed E-state index contributed by atoms with van der Waals surface area (Å²) < 4.78 is 6.09. The molecule has 0 aliphatic carbocycles. The molecule has 0 bridgehead atoms. The number of benzene rings is 2. The van der Waals surface area contributed by atoms with E-state index in [9.17, 15) is 14.7 Å². The Kier molecular flexibility index (Phi) is 5.33. The molecule has 2 aromatic carbocycles. The quantitative estimate of drug-likeness (QED) is 0.539. The molecular formula is C18H14INO4S. The van der Waals surface area contributed by atoms with Crippen molar-refractivity contribution in [3.05, 3.63) is 62.1 Å². The molecule has 1 N–H and O–H groups in total. The number of amides is 2. The van der Waals surface area contributed by atoms with Gasteiger partial charge in [0.2, 0.25) is 0 Å². The lowest BCUT2D eigenvalue weighted by Crippen LogP contribution is -2.27. The van der Waals surface area contributed by atoms with Gasteiger partial charge in [-0.2, -0.15) is 0 Å². The van der Waals surface area contributed by atoms with Crippen molar-refractivity contribution >= 4 is 51.6 Å². The fourth-order valence-corrected chi connectivity index (χ4v) is 3.55. The molecule has 128 valence electrons. The van der Waals surface area contributed by atoms with E-state index in [1.807, 2.05) is 24.3 Å². The van der Waals surface area contributed by atoms with Crippen LogP contribution < -0.4 is 4.74 Å². The zero-order valence-corrected chi connectivity index (χ0v) is 16.2. The van der Waals surface area contributed by atoms with Gasteiger partial charge in [-0.1, -0.05) is 18.2 Å². The highest BCUT2D eigenvalue weighted by molar-refractivity contribution is 14.1. The SMILES string of the molecule is COc1ccc(/C=C2\SC(=O)N(Cc3ccc(I)cc3)C2=O)cc1O. The van der Waals surface area contributed by atoms with Crippen LogP contribution in [0.2, 0.25) is 0 Å². The third-order valence-electron chi connectivity index (χ3n) is 3.63. The Morgan fingerprint density at radius 2 is 1.92 bits per heavy atom. The molecular weight excluding hydrogens is 453 g/mol. The number of halogens is 1. The van der Waals surface area contributed by atoms with Crippen LogP contribution in [0.5, 0.6) is 11.5 Å². The average Bonchev–Trinajstić information content (AvgIpc) is 2.84. The second-order valence-corrected chi connectivity index (χ2v) is 7.56. The van der Waals surface area contributed by atoms with Crippen molar-refractivity contribution in [3.63, 3.8) is 0 Å². The van der Waals surface area contributed by atoms with Gasteiger partial charge in [0.1, 0.15) is 0 Å². The van der Waals surface area contributed by atoms with E-state index in [2.05, 4.69) is 22.6 Å². The second-order valence-electron chi connectivity index (χ2n) is 5.33. The monoisotopic (exact) mass is 467 g/mol. The molecule has 1 fully saturated rings. The first-order valence-corrected chi connectivity index (χ1v) is 9.24. The fraction of sp³-hybridized carbons (Fsp3) is 0.111. The topological polar surface area (TPSA) is 66.8 Å². The summed E-state index contributed by atoms with van der Waals surface area (Å²) in [5.41, 5.74) is 1.52. The van der Waals surface area contributed by atoms with Gasteiger partial charge in [-0.15, -0.1) is 0 Å². The second kappa shape index (κ2) is 7.49. The number of methoxy groups -OCH3 is 1. The zero-order valence-electron chi connectivity index (χ0n) is 13.2. The minimum Gasteiger partial charge on any atom is -0.504 e. The van der Waals surface area contributed by atoms with E-state index in [4.69, 9.17) is 4.74 Å². The molecule has 1 aliphatic rings. The minimum atomic E-state index is -0.330. The lowest BCUT2D eigenvalue weighted by Gasteiger charge is -2.12. The predicted molar refractivity (Wildman–Crippen MR) is 105 cm³/mol. The number of carbonyl (C=O) groups is 2. The van der Waals surface area contributed by atoms with Gasteiger partial charge in [0.05, 0.1) is 18.6 Å². The molecule has 25 heavy (non-hydrogen) atoms. The van der Waals surface area contributed by atoms with Gasteiger partial charge in [0.25, 0.3) is 11.1 Å². The van der Waals surface area contributed by atoms with Gasteiger partial charge in [0.15, 0.2) is 11.5 Å². The molecule has 2 aromatic rings. The van der Waals surface area contributed by atoms with Crippen LogP contribution in [0, 0.1) is 3.57 Å². The molecule has 1 heterocycles. The molecule has 0 saturated carbocycles. The maximum Gasteiger partial charge on any atom is 0.293 e. The van der Waals surface area contributed by atoms with Gasteiger partial charge in [-0.3, -0.25) is 14.5 Å². The van der Waals surface area contributed by atoms with E-state index in [1.54, 1.807) is 18.2 Å². The van der Waals surface area contributed by atoms with Crippen molar-refractivity contribution < 1.29 is 19.4 Å². The summed E-state index contributed by atoms with van der Waals surface area (Å²) in [6, 6.07) is 12.5. The Labute approximate surface area is 162 Å². The summed E-state index contributed by atoms with van der Waals surface area (Å²) in [4.78, 5) is 26.3. The van der Waals surface area contributed by atoms with E-state index >= 15 is 0 Å². The molecule has 0 spiro atoms. The summed E-state index contributed by atoms with van der Waals surface area (Å²) in [6.07, 6.45) is 1.60. The normalized spacial score (nSPS) is 15.9. The van der Waals surface area contributed by atoms with Crippen molar-refractivity contribution in [1.29, 1.82) is 0 Å². The van der Waals surface area contributed by atoms with E-state index in [-0.39, 0.29) is 23.4 Å². The summed E-state index contributed by atoms with van der Waals surface area (Å²) in [5, 5.41) is 9.53. The van der Waals surface area contributed by atoms with Crippen LogP contribution in [0.3, 0.4) is 0 Å². The van der Waals surface area contributed by atoms with Crippen LogP contribution in [0.15, 0.2) is 47.4 Å². The fourth-order valence-electron chi connectivity index (χ4n) is 2.36. The van der Waals surface area contributed by atoms with Crippen LogP contribution in [-0.2, 0) is 11.3 Å². The van der Waals surface area contributed by atoms with Crippen molar-refractivity contribution in [2.45, 2.75) is 6.54 Å². The maximum absolute atomic E-state index is 12.5. The summed E-state index contributed by atoms with van der Waals surface area (Å²) in [7, 11) is 1.46. The lowest BCUT2D eigenvalue weighted by atomic mass is 10.1. The number of hydrogen-bond donors (Lipinski definition) is 1. The molecule has 0 radical (unpaired) electrons. The van der Waals surface area contributed by atoms with Gasteiger partial charge >= 0.3 is 0 Å². The van der Waals surface area contributed by atoms with Crippen LogP contribution >= 0.6 is 34.4 Å². The lowest BCUT2D eigenvalue weighted by molar-refractivity contribution is -0.123. The van der Waals surface area contributed by atoms with Crippen molar-refractivity contribution in [3.8, 4) is 11.5 Å². The van der Waals surface area contributed by atoms with E-state index < -0.39 is 0 Å². The van der Waals surface area contributed by atoms with E-state index in [0.29, 0.717) is 16.2 Å².